The Labute approximate surface area is 113 Å². The number of alkyl halides is 3. The lowest BCUT2D eigenvalue weighted by atomic mass is 10.1. The van der Waals surface area contributed by atoms with Gasteiger partial charge in [0, 0.05) is 5.69 Å². The van der Waals surface area contributed by atoms with E-state index >= 15 is 0 Å². The maximum absolute atomic E-state index is 12.5. The molecule has 104 valence electrons. The Morgan fingerprint density at radius 1 is 1.10 bits per heavy atom. The number of para-hydroxylation sites is 1. The van der Waals surface area contributed by atoms with Crippen LogP contribution in [-0.4, -0.2) is 10.9 Å². The molecule has 0 saturated carbocycles. The lowest BCUT2D eigenvalue weighted by molar-refractivity contribution is -0.141. The fourth-order valence-electron chi connectivity index (χ4n) is 1.68. The van der Waals surface area contributed by atoms with Crippen LogP contribution in [0.4, 0.5) is 18.9 Å². The molecule has 6 heteroatoms. The summed E-state index contributed by atoms with van der Waals surface area (Å²) in [7, 11) is 0. The van der Waals surface area contributed by atoms with Gasteiger partial charge in [0.1, 0.15) is 5.69 Å². The summed E-state index contributed by atoms with van der Waals surface area (Å²) < 4.78 is 37.5. The lowest BCUT2D eigenvalue weighted by Gasteiger charge is -2.10. The van der Waals surface area contributed by atoms with E-state index in [1.165, 1.54) is 6.92 Å². The number of aryl methyl sites for hydroxylation is 1. The Morgan fingerprint density at radius 3 is 2.30 bits per heavy atom. The summed E-state index contributed by atoms with van der Waals surface area (Å²) in [6.45, 7) is 1.37. The van der Waals surface area contributed by atoms with E-state index in [-0.39, 0.29) is 11.3 Å². The van der Waals surface area contributed by atoms with E-state index < -0.39 is 17.8 Å². The van der Waals surface area contributed by atoms with Crippen LogP contribution in [0, 0.1) is 6.92 Å². The molecule has 0 radical (unpaired) electrons. The summed E-state index contributed by atoms with van der Waals surface area (Å²) in [5, 5.41) is 2.60. The number of rotatable bonds is 2. The summed E-state index contributed by atoms with van der Waals surface area (Å²) in [6, 6.07) is 10.6. The van der Waals surface area contributed by atoms with Crippen molar-refractivity contribution in [2.24, 2.45) is 0 Å². The highest BCUT2D eigenvalue weighted by molar-refractivity contribution is 6.04. The number of hydrogen-bond acceptors (Lipinski definition) is 2. The first-order valence-corrected chi connectivity index (χ1v) is 5.79. The van der Waals surface area contributed by atoms with Crippen LogP contribution in [-0.2, 0) is 6.18 Å². The Hall–Kier alpha value is -2.37. The topological polar surface area (TPSA) is 42.0 Å². The van der Waals surface area contributed by atoms with Crippen molar-refractivity contribution in [2.75, 3.05) is 5.32 Å². The van der Waals surface area contributed by atoms with Gasteiger partial charge in [-0.05, 0) is 31.2 Å². The first-order valence-electron chi connectivity index (χ1n) is 5.79. The summed E-state index contributed by atoms with van der Waals surface area (Å²) >= 11 is 0. The Kier molecular flexibility index (Phi) is 3.74. The number of carbonyl (C=O) groups excluding carboxylic acids is 1. The number of amides is 1. The zero-order valence-corrected chi connectivity index (χ0v) is 10.5. The molecule has 1 aromatic carbocycles. The third-order valence-corrected chi connectivity index (χ3v) is 2.65. The van der Waals surface area contributed by atoms with Crippen LogP contribution < -0.4 is 5.32 Å². The zero-order valence-electron chi connectivity index (χ0n) is 10.5. The van der Waals surface area contributed by atoms with Gasteiger partial charge in [0.15, 0.2) is 0 Å². The number of anilines is 1. The number of benzene rings is 1. The number of pyridine rings is 1. The highest BCUT2D eigenvalue weighted by Crippen LogP contribution is 2.28. The van der Waals surface area contributed by atoms with E-state index in [2.05, 4.69) is 10.3 Å². The minimum atomic E-state index is -4.51. The molecule has 0 aliphatic rings. The largest absolute Gasteiger partial charge is 0.433 e. The van der Waals surface area contributed by atoms with Crippen molar-refractivity contribution >= 4 is 11.6 Å². The number of halogens is 3. The van der Waals surface area contributed by atoms with Gasteiger partial charge in [0.05, 0.1) is 11.3 Å². The molecule has 0 saturated heterocycles. The molecular weight excluding hydrogens is 269 g/mol. The van der Waals surface area contributed by atoms with Crippen LogP contribution in [0.15, 0.2) is 42.5 Å². The standard InChI is InChI=1S/C14H11F3N2O/c1-9-11(7-8-12(18-9)14(15,16)17)13(20)19-10-5-3-2-4-6-10/h2-8H,1H3,(H,19,20). The Balaban J connectivity index is 2.23. The van der Waals surface area contributed by atoms with Crippen molar-refractivity contribution in [2.45, 2.75) is 13.1 Å². The average molecular weight is 280 g/mol. The maximum Gasteiger partial charge on any atom is 0.433 e. The minimum Gasteiger partial charge on any atom is -0.322 e. The molecule has 0 bridgehead atoms. The molecular formula is C14H11F3N2O. The van der Waals surface area contributed by atoms with Crippen molar-refractivity contribution < 1.29 is 18.0 Å². The van der Waals surface area contributed by atoms with Gasteiger partial charge >= 0.3 is 6.18 Å². The first-order chi connectivity index (χ1) is 9.38. The average Bonchev–Trinajstić information content (AvgIpc) is 2.38. The molecule has 1 N–H and O–H groups in total. The minimum absolute atomic E-state index is 0.0354. The molecule has 1 heterocycles. The molecule has 0 unspecified atom stereocenters. The van der Waals surface area contributed by atoms with E-state index in [0.29, 0.717) is 5.69 Å². The molecule has 3 nitrogen and oxygen atoms in total. The quantitative estimate of drug-likeness (QED) is 0.912. The molecule has 0 fully saturated rings. The SMILES string of the molecule is Cc1nc(C(F)(F)F)ccc1C(=O)Nc1ccccc1. The van der Waals surface area contributed by atoms with E-state index in [1.54, 1.807) is 30.3 Å². The predicted octanol–water partition coefficient (Wildman–Crippen LogP) is 3.66. The second-order valence-electron chi connectivity index (χ2n) is 4.15. The van der Waals surface area contributed by atoms with Crippen molar-refractivity contribution in [3.63, 3.8) is 0 Å². The molecule has 0 aliphatic heterocycles. The van der Waals surface area contributed by atoms with Crippen LogP contribution >= 0.6 is 0 Å². The first kappa shape index (κ1) is 14.0. The molecule has 2 aromatic rings. The summed E-state index contributed by atoms with van der Waals surface area (Å²) in [5.41, 5.74) is -0.293. The lowest BCUT2D eigenvalue weighted by Crippen LogP contribution is -2.16. The second kappa shape index (κ2) is 5.32. The van der Waals surface area contributed by atoms with E-state index in [4.69, 9.17) is 0 Å². The zero-order chi connectivity index (χ0) is 14.8. The Morgan fingerprint density at radius 2 is 1.75 bits per heavy atom. The molecule has 1 amide bonds. The number of carbonyl (C=O) groups is 1. The second-order valence-corrected chi connectivity index (χ2v) is 4.15. The number of nitrogens with zero attached hydrogens (tertiary/aromatic N) is 1. The van der Waals surface area contributed by atoms with Crippen LogP contribution in [0.1, 0.15) is 21.7 Å². The molecule has 0 aliphatic carbocycles. The van der Waals surface area contributed by atoms with Gasteiger partial charge in [-0.15, -0.1) is 0 Å². The smallest absolute Gasteiger partial charge is 0.322 e. The maximum atomic E-state index is 12.5. The van der Waals surface area contributed by atoms with Gasteiger partial charge in [-0.25, -0.2) is 4.98 Å². The van der Waals surface area contributed by atoms with Gasteiger partial charge in [-0.3, -0.25) is 4.79 Å². The van der Waals surface area contributed by atoms with E-state index in [9.17, 15) is 18.0 Å². The van der Waals surface area contributed by atoms with E-state index in [0.717, 1.165) is 12.1 Å². The van der Waals surface area contributed by atoms with Gasteiger partial charge < -0.3 is 5.32 Å². The highest BCUT2D eigenvalue weighted by Gasteiger charge is 2.33. The van der Waals surface area contributed by atoms with Gasteiger partial charge in [0.25, 0.3) is 5.91 Å². The summed E-state index contributed by atoms with van der Waals surface area (Å²) in [6.07, 6.45) is -4.51. The van der Waals surface area contributed by atoms with Crippen LogP contribution in [0.5, 0.6) is 0 Å². The summed E-state index contributed by atoms with van der Waals surface area (Å²) in [4.78, 5) is 15.4. The third-order valence-electron chi connectivity index (χ3n) is 2.65. The Bertz CT molecular complexity index is 624. The normalized spacial score (nSPS) is 11.2. The van der Waals surface area contributed by atoms with E-state index in [1.807, 2.05) is 0 Å². The highest BCUT2D eigenvalue weighted by atomic mass is 19.4. The van der Waals surface area contributed by atoms with Gasteiger partial charge in [-0.2, -0.15) is 13.2 Å². The number of hydrogen-bond donors (Lipinski definition) is 1. The molecule has 2 rings (SSSR count). The monoisotopic (exact) mass is 280 g/mol. The van der Waals surface area contributed by atoms with Crippen LogP contribution in [0.25, 0.3) is 0 Å². The van der Waals surface area contributed by atoms with Crippen molar-refractivity contribution in [1.82, 2.24) is 4.98 Å². The molecule has 1 aromatic heterocycles. The van der Waals surface area contributed by atoms with Crippen molar-refractivity contribution in [3.8, 4) is 0 Å². The van der Waals surface area contributed by atoms with Gasteiger partial charge in [0.2, 0.25) is 0 Å². The van der Waals surface area contributed by atoms with Gasteiger partial charge in [-0.1, -0.05) is 18.2 Å². The summed E-state index contributed by atoms with van der Waals surface area (Å²) in [5.74, 6) is -0.491. The number of nitrogens with one attached hydrogen (secondary N) is 1. The molecule has 0 atom stereocenters. The molecule has 0 spiro atoms. The van der Waals surface area contributed by atoms with Crippen molar-refractivity contribution in [1.29, 1.82) is 0 Å². The van der Waals surface area contributed by atoms with Crippen LogP contribution in [0.2, 0.25) is 0 Å². The van der Waals surface area contributed by atoms with Crippen molar-refractivity contribution in [3.05, 3.63) is 59.4 Å². The fraction of sp³-hybridized carbons (Fsp3) is 0.143. The fourth-order valence-corrected chi connectivity index (χ4v) is 1.68. The third kappa shape index (κ3) is 3.14. The van der Waals surface area contributed by atoms with Crippen LogP contribution in [0.3, 0.4) is 0 Å². The predicted molar refractivity (Wildman–Crippen MR) is 68.4 cm³/mol. The molecule has 20 heavy (non-hydrogen) atoms. The number of aromatic nitrogens is 1.